The summed E-state index contributed by atoms with van der Waals surface area (Å²) in [4.78, 5) is 14.3. The van der Waals surface area contributed by atoms with E-state index in [0.29, 0.717) is 48.5 Å². The Balaban J connectivity index is 1.63. The van der Waals surface area contributed by atoms with E-state index in [1.165, 1.54) is 0 Å². The van der Waals surface area contributed by atoms with Crippen LogP contribution in [0.25, 0.3) is 0 Å². The molecule has 1 amide bonds. The highest BCUT2D eigenvalue weighted by molar-refractivity contribution is 6.32. The van der Waals surface area contributed by atoms with Crippen molar-refractivity contribution in [1.82, 2.24) is 4.90 Å². The van der Waals surface area contributed by atoms with Crippen molar-refractivity contribution >= 4 is 17.5 Å². The predicted molar refractivity (Wildman–Crippen MR) is 101 cm³/mol. The van der Waals surface area contributed by atoms with Gasteiger partial charge < -0.3 is 19.1 Å². The molecular formula is C20H22ClNO4. The number of halogens is 1. The van der Waals surface area contributed by atoms with Crippen molar-refractivity contribution in [3.8, 4) is 17.2 Å². The third-order valence-corrected chi connectivity index (χ3v) is 4.36. The van der Waals surface area contributed by atoms with E-state index in [2.05, 4.69) is 0 Å². The molecule has 138 valence electrons. The Morgan fingerprint density at radius 3 is 2.85 bits per heavy atom. The molecule has 0 atom stereocenters. The Labute approximate surface area is 158 Å². The summed E-state index contributed by atoms with van der Waals surface area (Å²) in [5.74, 6) is 1.67. The summed E-state index contributed by atoms with van der Waals surface area (Å²) < 4.78 is 17.0. The second-order valence-corrected chi connectivity index (χ2v) is 6.63. The number of carbonyl (C=O) groups is 1. The molecule has 0 N–H and O–H groups in total. The van der Waals surface area contributed by atoms with Gasteiger partial charge in [0.25, 0.3) is 5.91 Å². The molecule has 0 saturated heterocycles. The van der Waals surface area contributed by atoms with Crippen molar-refractivity contribution in [3.63, 3.8) is 0 Å². The van der Waals surface area contributed by atoms with Crippen LogP contribution in [-0.2, 0) is 0 Å². The number of carbonyl (C=O) groups excluding carboxylic acids is 1. The predicted octanol–water partition coefficient (Wildman–Crippen LogP) is 3.96. The molecule has 2 aromatic rings. The quantitative estimate of drug-likeness (QED) is 0.793. The number of benzene rings is 2. The van der Waals surface area contributed by atoms with Crippen LogP contribution in [-0.4, -0.2) is 44.2 Å². The Hall–Kier alpha value is -2.40. The first-order valence-corrected chi connectivity index (χ1v) is 8.96. The Kier molecular flexibility index (Phi) is 5.89. The minimum atomic E-state index is -0.143. The number of rotatable bonds is 5. The van der Waals surface area contributed by atoms with Gasteiger partial charge in [-0.1, -0.05) is 23.7 Å². The maximum Gasteiger partial charge on any atom is 0.253 e. The number of nitrogens with zero attached hydrogens (tertiary/aromatic N) is 1. The van der Waals surface area contributed by atoms with Gasteiger partial charge in [-0.25, -0.2) is 0 Å². The summed E-state index contributed by atoms with van der Waals surface area (Å²) in [6.45, 7) is 3.97. The lowest BCUT2D eigenvalue weighted by atomic mass is 10.1. The zero-order valence-electron chi connectivity index (χ0n) is 15.0. The molecule has 0 fully saturated rings. The fourth-order valence-electron chi connectivity index (χ4n) is 2.68. The summed E-state index contributed by atoms with van der Waals surface area (Å²) in [5.41, 5.74) is 1.60. The van der Waals surface area contributed by atoms with Crippen LogP contribution in [0.1, 0.15) is 22.3 Å². The number of fused-ring (bicyclic) bond motifs is 1. The summed E-state index contributed by atoms with van der Waals surface area (Å²) in [6, 6.07) is 11.1. The van der Waals surface area contributed by atoms with Crippen LogP contribution in [0, 0.1) is 6.92 Å². The minimum Gasteiger partial charge on any atom is -0.492 e. The normalized spacial score (nSPS) is 13.0. The summed E-state index contributed by atoms with van der Waals surface area (Å²) in [5, 5.41) is 0.386. The smallest absolute Gasteiger partial charge is 0.253 e. The van der Waals surface area contributed by atoms with Crippen LogP contribution in [0.2, 0.25) is 5.02 Å². The molecule has 3 rings (SSSR count). The monoisotopic (exact) mass is 375 g/mol. The van der Waals surface area contributed by atoms with Gasteiger partial charge in [0.1, 0.15) is 12.4 Å². The third-order valence-electron chi connectivity index (χ3n) is 4.08. The average molecular weight is 376 g/mol. The summed E-state index contributed by atoms with van der Waals surface area (Å²) >= 11 is 6.27. The lowest BCUT2D eigenvalue weighted by molar-refractivity contribution is 0.0773. The van der Waals surface area contributed by atoms with Crippen LogP contribution in [0.4, 0.5) is 0 Å². The Morgan fingerprint density at radius 1 is 1.23 bits per heavy atom. The highest BCUT2D eigenvalue weighted by Gasteiger charge is 2.20. The van der Waals surface area contributed by atoms with Crippen molar-refractivity contribution in [2.75, 3.05) is 33.4 Å². The lowest BCUT2D eigenvalue weighted by Gasteiger charge is -2.19. The first kappa shape index (κ1) is 18.4. The largest absolute Gasteiger partial charge is 0.492 e. The van der Waals surface area contributed by atoms with E-state index in [-0.39, 0.29) is 5.91 Å². The minimum absolute atomic E-state index is 0.143. The van der Waals surface area contributed by atoms with Gasteiger partial charge in [-0.15, -0.1) is 0 Å². The maximum atomic E-state index is 12.7. The van der Waals surface area contributed by atoms with E-state index >= 15 is 0 Å². The van der Waals surface area contributed by atoms with Gasteiger partial charge in [0.15, 0.2) is 11.5 Å². The molecule has 0 spiro atoms. The van der Waals surface area contributed by atoms with Gasteiger partial charge in [0.2, 0.25) is 0 Å². The SMILES string of the molecule is Cc1cccc(OCCN(C)C(=O)c2cc(Cl)c3c(c2)OCCCO3)c1. The molecule has 1 heterocycles. The molecule has 2 aromatic carbocycles. The standard InChI is InChI=1S/C20H22ClNO4/c1-14-5-3-6-16(11-14)24-10-7-22(2)20(23)15-12-17(21)19-18(13-15)25-8-4-9-26-19/h3,5-6,11-13H,4,7-10H2,1-2H3. The molecule has 0 saturated carbocycles. The maximum absolute atomic E-state index is 12.7. The number of ether oxygens (including phenoxy) is 3. The van der Waals surface area contributed by atoms with Crippen molar-refractivity contribution in [1.29, 1.82) is 0 Å². The van der Waals surface area contributed by atoms with Crippen LogP contribution in [0.15, 0.2) is 36.4 Å². The third kappa shape index (κ3) is 4.41. The fourth-order valence-corrected chi connectivity index (χ4v) is 2.95. The van der Waals surface area contributed by atoms with Gasteiger partial charge in [-0.2, -0.15) is 0 Å². The van der Waals surface area contributed by atoms with Crippen LogP contribution < -0.4 is 14.2 Å². The molecular weight excluding hydrogens is 354 g/mol. The number of amides is 1. The molecule has 0 aliphatic carbocycles. The number of likely N-dealkylation sites (N-methyl/N-ethyl adjacent to an activating group) is 1. The highest BCUT2D eigenvalue weighted by atomic mass is 35.5. The van der Waals surface area contributed by atoms with Crippen molar-refractivity contribution in [2.45, 2.75) is 13.3 Å². The van der Waals surface area contributed by atoms with Crippen LogP contribution in [0.3, 0.4) is 0 Å². The number of aryl methyl sites for hydroxylation is 1. The van der Waals surface area contributed by atoms with E-state index in [1.54, 1.807) is 24.1 Å². The molecule has 1 aliphatic rings. The molecule has 26 heavy (non-hydrogen) atoms. The van der Waals surface area contributed by atoms with Gasteiger partial charge >= 0.3 is 0 Å². The van der Waals surface area contributed by atoms with E-state index in [4.69, 9.17) is 25.8 Å². The topological polar surface area (TPSA) is 48.0 Å². The molecule has 6 heteroatoms. The van der Waals surface area contributed by atoms with Gasteiger partial charge in [-0.3, -0.25) is 4.79 Å². The van der Waals surface area contributed by atoms with Crippen molar-refractivity contribution < 1.29 is 19.0 Å². The highest BCUT2D eigenvalue weighted by Crippen LogP contribution is 2.38. The van der Waals surface area contributed by atoms with Crippen molar-refractivity contribution in [2.24, 2.45) is 0 Å². The lowest BCUT2D eigenvalue weighted by Crippen LogP contribution is -2.30. The first-order chi connectivity index (χ1) is 12.5. The number of hydrogen-bond acceptors (Lipinski definition) is 4. The zero-order chi connectivity index (χ0) is 18.5. The van der Waals surface area contributed by atoms with Crippen molar-refractivity contribution in [3.05, 3.63) is 52.5 Å². The first-order valence-electron chi connectivity index (χ1n) is 8.58. The van der Waals surface area contributed by atoms with E-state index in [1.807, 2.05) is 31.2 Å². The number of hydrogen-bond donors (Lipinski definition) is 0. The molecule has 0 aromatic heterocycles. The Bertz CT molecular complexity index is 793. The van der Waals surface area contributed by atoms with Crippen LogP contribution >= 0.6 is 11.6 Å². The van der Waals surface area contributed by atoms with Crippen LogP contribution in [0.5, 0.6) is 17.2 Å². The molecule has 0 bridgehead atoms. The second-order valence-electron chi connectivity index (χ2n) is 6.23. The molecule has 5 nitrogen and oxygen atoms in total. The average Bonchev–Trinajstić information content (AvgIpc) is 2.87. The molecule has 0 radical (unpaired) electrons. The van der Waals surface area contributed by atoms with Gasteiger partial charge in [0, 0.05) is 19.0 Å². The van der Waals surface area contributed by atoms with Gasteiger partial charge in [-0.05, 0) is 36.8 Å². The molecule has 0 unspecified atom stereocenters. The molecule has 1 aliphatic heterocycles. The summed E-state index contributed by atoms with van der Waals surface area (Å²) in [6.07, 6.45) is 0.782. The van der Waals surface area contributed by atoms with Gasteiger partial charge in [0.05, 0.1) is 24.8 Å². The second kappa shape index (κ2) is 8.32. The fraction of sp³-hybridized carbons (Fsp3) is 0.350. The van der Waals surface area contributed by atoms with E-state index in [0.717, 1.165) is 17.7 Å². The zero-order valence-corrected chi connectivity index (χ0v) is 15.7. The Morgan fingerprint density at radius 2 is 2.04 bits per heavy atom. The van der Waals surface area contributed by atoms with E-state index < -0.39 is 0 Å². The van der Waals surface area contributed by atoms with E-state index in [9.17, 15) is 4.79 Å². The summed E-state index contributed by atoms with van der Waals surface area (Å²) in [7, 11) is 1.73.